The van der Waals surface area contributed by atoms with Gasteiger partial charge in [-0.15, -0.1) is 0 Å². The first-order chi connectivity index (χ1) is 14.9. The van der Waals surface area contributed by atoms with Gasteiger partial charge in [-0.1, -0.05) is 19.3 Å². The average molecular weight is 426 g/mol. The fourth-order valence-corrected chi connectivity index (χ4v) is 5.05. The second kappa shape index (κ2) is 9.35. The Kier molecular flexibility index (Phi) is 6.56. The topological polar surface area (TPSA) is 45.6 Å². The van der Waals surface area contributed by atoms with Crippen LogP contribution in [0.4, 0.5) is 4.39 Å². The number of Topliss-reactive ketones (excluding diaryl/α,β-unsaturated/α-hetero) is 1. The van der Waals surface area contributed by atoms with Gasteiger partial charge in [0.25, 0.3) is 0 Å². The van der Waals surface area contributed by atoms with E-state index in [-0.39, 0.29) is 17.5 Å². The molecule has 166 valence electrons. The summed E-state index contributed by atoms with van der Waals surface area (Å²) in [6, 6.07) is 8.25. The molecule has 2 aromatic rings. The molecule has 2 aliphatic rings. The number of benzene rings is 1. The van der Waals surface area contributed by atoms with Gasteiger partial charge < -0.3 is 9.47 Å². The molecule has 2 heterocycles. The second-order valence-electron chi connectivity index (χ2n) is 8.96. The number of carbonyl (C=O) groups is 2. The normalized spacial score (nSPS) is 18.4. The van der Waals surface area contributed by atoms with Gasteiger partial charge in [0.1, 0.15) is 5.82 Å². The summed E-state index contributed by atoms with van der Waals surface area (Å²) in [7, 11) is 0. The van der Waals surface area contributed by atoms with Crippen LogP contribution in [0.1, 0.15) is 53.8 Å². The number of aryl methyl sites for hydroxylation is 1. The second-order valence-corrected chi connectivity index (χ2v) is 8.96. The van der Waals surface area contributed by atoms with Crippen LogP contribution in [-0.4, -0.2) is 58.8 Å². The van der Waals surface area contributed by atoms with E-state index in [0.29, 0.717) is 31.1 Å². The lowest BCUT2D eigenvalue weighted by Crippen LogP contribution is -2.51. The van der Waals surface area contributed by atoms with Gasteiger partial charge in [-0.3, -0.25) is 14.5 Å². The lowest BCUT2D eigenvalue weighted by atomic mass is 9.88. The third-order valence-corrected chi connectivity index (χ3v) is 6.82. The maximum atomic E-state index is 13.3. The van der Waals surface area contributed by atoms with Crippen LogP contribution in [-0.2, 0) is 4.79 Å². The summed E-state index contributed by atoms with van der Waals surface area (Å²) in [5.74, 6) is 0.337. The highest BCUT2D eigenvalue weighted by Gasteiger charge is 2.29. The zero-order valence-corrected chi connectivity index (χ0v) is 18.6. The van der Waals surface area contributed by atoms with Crippen LogP contribution in [0, 0.1) is 25.6 Å². The van der Waals surface area contributed by atoms with Gasteiger partial charge in [0.05, 0.1) is 6.54 Å². The molecule has 0 spiro atoms. The van der Waals surface area contributed by atoms with Gasteiger partial charge >= 0.3 is 0 Å². The molecule has 1 aliphatic carbocycles. The molecule has 0 bridgehead atoms. The highest BCUT2D eigenvalue weighted by atomic mass is 19.1. The summed E-state index contributed by atoms with van der Waals surface area (Å²) in [6.07, 6.45) is 5.65. The molecule has 1 aliphatic heterocycles. The molecular weight excluding hydrogens is 393 g/mol. The van der Waals surface area contributed by atoms with Gasteiger partial charge in [0.2, 0.25) is 5.91 Å². The van der Waals surface area contributed by atoms with Crippen molar-refractivity contribution in [3.8, 4) is 5.69 Å². The van der Waals surface area contributed by atoms with E-state index in [1.165, 1.54) is 31.4 Å². The van der Waals surface area contributed by atoms with Crippen LogP contribution in [0.25, 0.3) is 5.69 Å². The minimum absolute atomic E-state index is 0.0912. The highest BCUT2D eigenvalue weighted by molar-refractivity contribution is 5.99. The van der Waals surface area contributed by atoms with Crippen LogP contribution < -0.4 is 0 Å². The Bertz CT molecular complexity index is 936. The SMILES string of the molecule is Cc1cc(C(=O)CN2CCN(C(=O)C3CCCCC3)CC2)c(C)n1-c1ccc(F)cc1. The summed E-state index contributed by atoms with van der Waals surface area (Å²) in [4.78, 5) is 30.0. The highest BCUT2D eigenvalue weighted by Crippen LogP contribution is 2.26. The first kappa shape index (κ1) is 21.8. The Balaban J connectivity index is 1.37. The van der Waals surface area contributed by atoms with Crippen LogP contribution in [0.5, 0.6) is 0 Å². The molecule has 2 fully saturated rings. The maximum absolute atomic E-state index is 13.3. The first-order valence-corrected chi connectivity index (χ1v) is 11.4. The third-order valence-electron chi connectivity index (χ3n) is 6.82. The number of carbonyl (C=O) groups excluding carboxylic acids is 2. The predicted molar refractivity (Wildman–Crippen MR) is 119 cm³/mol. The Morgan fingerprint density at radius 3 is 2.26 bits per heavy atom. The van der Waals surface area contributed by atoms with Gasteiger partial charge in [0.15, 0.2) is 5.78 Å². The molecule has 5 nitrogen and oxygen atoms in total. The van der Waals surface area contributed by atoms with E-state index >= 15 is 0 Å². The van der Waals surface area contributed by atoms with Crippen LogP contribution in [0.3, 0.4) is 0 Å². The van der Waals surface area contributed by atoms with Crippen molar-refractivity contribution in [3.63, 3.8) is 0 Å². The van der Waals surface area contributed by atoms with Crippen molar-refractivity contribution in [2.75, 3.05) is 32.7 Å². The number of hydrogen-bond acceptors (Lipinski definition) is 3. The van der Waals surface area contributed by atoms with E-state index in [9.17, 15) is 14.0 Å². The Morgan fingerprint density at radius 2 is 1.61 bits per heavy atom. The molecule has 1 amide bonds. The number of hydrogen-bond donors (Lipinski definition) is 0. The summed E-state index contributed by atoms with van der Waals surface area (Å²) in [6.45, 7) is 7.14. The summed E-state index contributed by atoms with van der Waals surface area (Å²) in [5, 5.41) is 0. The standard InChI is InChI=1S/C25H32FN3O2/c1-18-16-23(19(2)29(18)22-10-8-21(26)9-11-22)24(30)17-27-12-14-28(15-13-27)25(31)20-6-4-3-5-7-20/h8-11,16,20H,3-7,12-15,17H2,1-2H3. The van der Waals surface area contributed by atoms with Gasteiger partial charge in [-0.25, -0.2) is 4.39 Å². The molecule has 0 N–H and O–H groups in total. The average Bonchev–Trinajstić information content (AvgIpc) is 3.09. The molecule has 1 aromatic carbocycles. The smallest absolute Gasteiger partial charge is 0.225 e. The van der Waals surface area contributed by atoms with Gasteiger partial charge in [0, 0.05) is 54.7 Å². The van der Waals surface area contributed by atoms with Crippen LogP contribution >= 0.6 is 0 Å². The fourth-order valence-electron chi connectivity index (χ4n) is 5.05. The number of aromatic nitrogens is 1. The molecule has 31 heavy (non-hydrogen) atoms. The zero-order chi connectivity index (χ0) is 22.0. The van der Waals surface area contributed by atoms with E-state index in [0.717, 1.165) is 43.0 Å². The number of amides is 1. The Labute approximate surface area is 183 Å². The number of rotatable bonds is 5. The number of nitrogens with zero attached hydrogens (tertiary/aromatic N) is 3. The van der Waals surface area contributed by atoms with Crippen LogP contribution in [0.15, 0.2) is 30.3 Å². The summed E-state index contributed by atoms with van der Waals surface area (Å²) in [5.41, 5.74) is 3.39. The van der Waals surface area contributed by atoms with Gasteiger partial charge in [-0.05, 0) is 57.0 Å². The summed E-state index contributed by atoms with van der Waals surface area (Å²) < 4.78 is 15.3. The first-order valence-electron chi connectivity index (χ1n) is 11.4. The molecular formula is C25H32FN3O2. The van der Waals surface area contributed by atoms with Crippen molar-refractivity contribution in [2.24, 2.45) is 5.92 Å². The fraction of sp³-hybridized carbons (Fsp3) is 0.520. The van der Waals surface area contributed by atoms with E-state index in [1.54, 1.807) is 12.1 Å². The molecule has 0 atom stereocenters. The van der Waals surface area contributed by atoms with Crippen molar-refractivity contribution < 1.29 is 14.0 Å². The summed E-state index contributed by atoms with van der Waals surface area (Å²) >= 11 is 0. The molecule has 4 rings (SSSR count). The minimum atomic E-state index is -0.274. The largest absolute Gasteiger partial charge is 0.340 e. The van der Waals surface area contributed by atoms with Crippen molar-refractivity contribution in [1.82, 2.24) is 14.4 Å². The van der Waals surface area contributed by atoms with Crippen molar-refractivity contribution >= 4 is 11.7 Å². The van der Waals surface area contributed by atoms with Crippen molar-refractivity contribution in [2.45, 2.75) is 46.0 Å². The van der Waals surface area contributed by atoms with E-state index in [1.807, 2.05) is 29.4 Å². The predicted octanol–water partition coefficient (Wildman–Crippen LogP) is 4.14. The number of ketones is 1. The van der Waals surface area contributed by atoms with E-state index in [4.69, 9.17) is 0 Å². The third kappa shape index (κ3) is 4.74. The van der Waals surface area contributed by atoms with Crippen molar-refractivity contribution in [1.29, 1.82) is 0 Å². The minimum Gasteiger partial charge on any atom is -0.340 e. The Morgan fingerprint density at radius 1 is 0.968 bits per heavy atom. The molecule has 0 radical (unpaired) electrons. The van der Waals surface area contributed by atoms with Crippen molar-refractivity contribution in [3.05, 3.63) is 53.1 Å². The lowest BCUT2D eigenvalue weighted by molar-refractivity contribution is -0.138. The number of halogens is 1. The van der Waals surface area contributed by atoms with Crippen LogP contribution in [0.2, 0.25) is 0 Å². The molecule has 1 saturated heterocycles. The molecule has 1 aromatic heterocycles. The number of piperazine rings is 1. The Hall–Kier alpha value is -2.47. The maximum Gasteiger partial charge on any atom is 0.225 e. The van der Waals surface area contributed by atoms with E-state index in [2.05, 4.69) is 4.90 Å². The zero-order valence-electron chi connectivity index (χ0n) is 18.6. The molecule has 0 unspecified atom stereocenters. The van der Waals surface area contributed by atoms with E-state index < -0.39 is 0 Å². The lowest BCUT2D eigenvalue weighted by Gasteiger charge is -2.36. The quantitative estimate of drug-likeness (QED) is 0.677. The van der Waals surface area contributed by atoms with Gasteiger partial charge in [-0.2, -0.15) is 0 Å². The monoisotopic (exact) mass is 425 g/mol. The molecule has 1 saturated carbocycles. The molecule has 6 heteroatoms.